The van der Waals surface area contributed by atoms with Gasteiger partial charge in [0.2, 0.25) is 0 Å². The number of rotatable bonds is 6. The Balaban J connectivity index is 1.84. The lowest BCUT2D eigenvalue weighted by Crippen LogP contribution is -2.60. The van der Waals surface area contributed by atoms with Gasteiger partial charge in [-0.15, -0.1) is 0 Å². The number of alkyl halides is 3. The van der Waals surface area contributed by atoms with Crippen LogP contribution in [0.4, 0.5) is 18.0 Å². The fourth-order valence-electron chi connectivity index (χ4n) is 3.40. The molecule has 1 aliphatic heterocycles. The van der Waals surface area contributed by atoms with Gasteiger partial charge in [0.05, 0.1) is 18.8 Å². The highest BCUT2D eigenvalue weighted by atomic mass is 19.4. The summed E-state index contributed by atoms with van der Waals surface area (Å²) in [7, 11) is 0. The number of nitrogens with one attached hydrogen (secondary N) is 1. The summed E-state index contributed by atoms with van der Waals surface area (Å²) in [5.74, 6) is -1.13. The molecule has 0 spiro atoms. The number of benzene rings is 2. The van der Waals surface area contributed by atoms with Crippen molar-refractivity contribution in [3.05, 3.63) is 71.3 Å². The van der Waals surface area contributed by atoms with Crippen LogP contribution in [0, 0.1) is 0 Å². The molecule has 2 aromatic carbocycles. The van der Waals surface area contributed by atoms with Crippen LogP contribution in [-0.4, -0.2) is 36.2 Å². The monoisotopic (exact) mass is 507 g/mol. The van der Waals surface area contributed by atoms with Gasteiger partial charge in [0.25, 0.3) is 0 Å². The predicted molar refractivity (Wildman–Crippen MR) is 129 cm³/mol. The van der Waals surface area contributed by atoms with Crippen molar-refractivity contribution >= 4 is 12.2 Å². The van der Waals surface area contributed by atoms with E-state index < -0.39 is 34.8 Å². The standard InChI is InChI=1S/C27H32F3NO5/c1-24(2,3)36-23(32)31-26(17-34-25(4,5)35-18-26)14-13-19-11-12-22(21(15-19)27(28,29)30)33-16-20-9-7-6-8-10-20/h6-15H,16-18H2,1-5H3,(H,31,32). The minimum atomic E-state index is -4.62. The molecule has 0 aliphatic carbocycles. The van der Waals surface area contributed by atoms with E-state index in [1.807, 2.05) is 6.07 Å². The van der Waals surface area contributed by atoms with Crippen LogP contribution in [0.1, 0.15) is 51.3 Å². The van der Waals surface area contributed by atoms with Crippen LogP contribution in [0.5, 0.6) is 5.75 Å². The zero-order valence-corrected chi connectivity index (χ0v) is 21.1. The Labute approximate surface area is 209 Å². The normalized spacial score (nSPS) is 17.6. The molecule has 0 bridgehead atoms. The van der Waals surface area contributed by atoms with E-state index in [0.717, 1.165) is 11.6 Å². The van der Waals surface area contributed by atoms with Gasteiger partial charge in [0.15, 0.2) is 5.79 Å². The maximum absolute atomic E-state index is 13.8. The SMILES string of the molecule is CC(C)(C)OC(=O)NC1(C=Cc2ccc(OCc3ccccc3)c(C(F)(F)F)c2)COC(C)(C)OC1. The van der Waals surface area contributed by atoms with Crippen LogP contribution < -0.4 is 10.1 Å². The summed E-state index contributed by atoms with van der Waals surface area (Å²) >= 11 is 0. The van der Waals surface area contributed by atoms with Crippen molar-refractivity contribution in [2.24, 2.45) is 0 Å². The van der Waals surface area contributed by atoms with E-state index in [4.69, 9.17) is 18.9 Å². The van der Waals surface area contributed by atoms with E-state index in [0.29, 0.717) is 0 Å². The van der Waals surface area contributed by atoms with Crippen LogP contribution in [0.2, 0.25) is 0 Å². The Morgan fingerprint density at radius 2 is 1.69 bits per heavy atom. The van der Waals surface area contributed by atoms with E-state index >= 15 is 0 Å². The average Bonchev–Trinajstić information content (AvgIpc) is 2.77. The third-order valence-electron chi connectivity index (χ3n) is 5.25. The van der Waals surface area contributed by atoms with Gasteiger partial charge in [-0.1, -0.05) is 48.6 Å². The van der Waals surface area contributed by atoms with Crippen molar-refractivity contribution in [2.75, 3.05) is 13.2 Å². The molecule has 9 heteroatoms. The number of carbonyl (C=O) groups is 1. The smallest absolute Gasteiger partial charge is 0.419 e. The highest BCUT2D eigenvalue weighted by molar-refractivity contribution is 5.70. The van der Waals surface area contributed by atoms with Gasteiger partial charge in [0.1, 0.15) is 23.5 Å². The molecule has 36 heavy (non-hydrogen) atoms. The molecule has 0 atom stereocenters. The van der Waals surface area contributed by atoms with Crippen molar-refractivity contribution in [1.82, 2.24) is 5.32 Å². The third kappa shape index (κ3) is 7.99. The number of hydrogen-bond acceptors (Lipinski definition) is 5. The van der Waals surface area contributed by atoms with Crippen LogP contribution in [0.3, 0.4) is 0 Å². The Bertz CT molecular complexity index is 1070. The molecule has 6 nitrogen and oxygen atoms in total. The first kappa shape index (κ1) is 27.5. The first-order valence-electron chi connectivity index (χ1n) is 11.5. The Kier molecular flexibility index (Phi) is 8.05. The molecule has 1 heterocycles. The molecular formula is C27H32F3NO5. The van der Waals surface area contributed by atoms with Gasteiger partial charge >= 0.3 is 12.3 Å². The lowest BCUT2D eigenvalue weighted by Gasteiger charge is -2.42. The predicted octanol–water partition coefficient (Wildman–Crippen LogP) is 6.34. The van der Waals surface area contributed by atoms with E-state index in [-0.39, 0.29) is 31.1 Å². The summed E-state index contributed by atoms with van der Waals surface area (Å²) in [4.78, 5) is 12.5. The lowest BCUT2D eigenvalue weighted by molar-refractivity contribution is -0.263. The lowest BCUT2D eigenvalue weighted by atomic mass is 9.97. The Morgan fingerprint density at radius 3 is 2.28 bits per heavy atom. The van der Waals surface area contributed by atoms with Gasteiger partial charge < -0.3 is 24.3 Å². The van der Waals surface area contributed by atoms with Crippen molar-refractivity contribution in [2.45, 2.75) is 64.3 Å². The first-order chi connectivity index (χ1) is 16.7. The molecular weight excluding hydrogens is 475 g/mol. The third-order valence-corrected chi connectivity index (χ3v) is 5.25. The highest BCUT2D eigenvalue weighted by Crippen LogP contribution is 2.37. The van der Waals surface area contributed by atoms with Crippen molar-refractivity contribution in [3.63, 3.8) is 0 Å². The molecule has 0 saturated carbocycles. The number of hydrogen-bond donors (Lipinski definition) is 1. The fraction of sp³-hybridized carbons (Fsp3) is 0.444. The topological polar surface area (TPSA) is 66.0 Å². The van der Waals surface area contributed by atoms with Crippen LogP contribution in [-0.2, 0) is 27.0 Å². The molecule has 2 aromatic rings. The number of amides is 1. The molecule has 1 aliphatic rings. The van der Waals surface area contributed by atoms with E-state index in [1.54, 1.807) is 65.0 Å². The number of ether oxygens (including phenoxy) is 4. The van der Waals surface area contributed by atoms with Crippen molar-refractivity contribution in [3.8, 4) is 5.75 Å². The van der Waals surface area contributed by atoms with Gasteiger partial charge in [-0.05, 0) is 57.9 Å². The Hall–Kier alpha value is -3.04. The minimum Gasteiger partial charge on any atom is -0.488 e. The molecule has 1 N–H and O–H groups in total. The zero-order chi connectivity index (χ0) is 26.6. The second-order valence-electron chi connectivity index (χ2n) is 10.1. The molecule has 1 amide bonds. The summed E-state index contributed by atoms with van der Waals surface area (Å²) < 4.78 is 63.8. The van der Waals surface area contributed by atoms with Crippen LogP contribution >= 0.6 is 0 Å². The second kappa shape index (κ2) is 10.5. The van der Waals surface area contributed by atoms with Gasteiger partial charge in [-0.2, -0.15) is 13.2 Å². The summed E-state index contributed by atoms with van der Waals surface area (Å²) in [6, 6.07) is 12.8. The molecule has 1 fully saturated rings. The van der Waals surface area contributed by atoms with Crippen LogP contribution in [0.25, 0.3) is 6.08 Å². The van der Waals surface area contributed by atoms with Gasteiger partial charge in [-0.3, -0.25) is 0 Å². The number of alkyl carbamates (subject to hydrolysis) is 1. The molecule has 0 radical (unpaired) electrons. The average molecular weight is 508 g/mol. The van der Waals surface area contributed by atoms with Crippen molar-refractivity contribution < 1.29 is 36.9 Å². The summed E-state index contributed by atoms with van der Waals surface area (Å²) in [6.07, 6.45) is -2.27. The minimum absolute atomic E-state index is 0.00644. The van der Waals surface area contributed by atoms with Gasteiger partial charge in [-0.25, -0.2) is 4.79 Å². The largest absolute Gasteiger partial charge is 0.488 e. The highest BCUT2D eigenvalue weighted by Gasteiger charge is 2.41. The molecule has 196 valence electrons. The van der Waals surface area contributed by atoms with E-state index in [9.17, 15) is 18.0 Å². The van der Waals surface area contributed by atoms with Crippen molar-refractivity contribution in [1.29, 1.82) is 0 Å². The molecule has 0 aromatic heterocycles. The van der Waals surface area contributed by atoms with Gasteiger partial charge in [0, 0.05) is 0 Å². The summed E-state index contributed by atoms with van der Waals surface area (Å²) in [5, 5.41) is 2.75. The van der Waals surface area contributed by atoms with E-state index in [1.165, 1.54) is 18.2 Å². The van der Waals surface area contributed by atoms with Crippen LogP contribution in [0.15, 0.2) is 54.6 Å². The number of carbonyl (C=O) groups excluding carboxylic acids is 1. The second-order valence-corrected chi connectivity index (χ2v) is 10.1. The summed E-state index contributed by atoms with van der Waals surface area (Å²) in [6.45, 7) is 8.74. The molecule has 3 rings (SSSR count). The maximum Gasteiger partial charge on any atom is 0.419 e. The maximum atomic E-state index is 13.8. The first-order valence-corrected chi connectivity index (χ1v) is 11.5. The molecule has 1 saturated heterocycles. The van der Waals surface area contributed by atoms with E-state index in [2.05, 4.69) is 5.32 Å². The number of halogens is 3. The zero-order valence-electron chi connectivity index (χ0n) is 21.1. The quantitative estimate of drug-likeness (QED) is 0.494. The molecule has 0 unspecified atom stereocenters. The fourth-order valence-corrected chi connectivity index (χ4v) is 3.40. The summed E-state index contributed by atoms with van der Waals surface area (Å²) in [5.41, 5.74) is -1.75. The Morgan fingerprint density at radius 1 is 1.06 bits per heavy atom.